The molecule has 0 spiro atoms. The van der Waals surface area contributed by atoms with Gasteiger partial charge in [0.25, 0.3) is 0 Å². The molecular formula is C30H26NO3+. The van der Waals surface area contributed by atoms with Gasteiger partial charge in [-0.05, 0) is 17.7 Å². The third kappa shape index (κ3) is 4.63. The van der Waals surface area contributed by atoms with E-state index in [2.05, 4.69) is 24.3 Å². The number of hydrogen-bond donors (Lipinski definition) is 2. The predicted molar refractivity (Wildman–Crippen MR) is 135 cm³/mol. The Morgan fingerprint density at radius 2 is 1.24 bits per heavy atom. The summed E-state index contributed by atoms with van der Waals surface area (Å²) in [5.41, 5.74) is 4.75. The first-order chi connectivity index (χ1) is 16.7. The summed E-state index contributed by atoms with van der Waals surface area (Å²) in [6, 6.07) is 33.4. The number of rotatable bonds is 7. The number of fused-ring (bicyclic) bond motifs is 1. The van der Waals surface area contributed by atoms with E-state index in [1.54, 1.807) is 12.1 Å². The number of hydrogen-bond acceptors (Lipinski definition) is 3. The average molecular weight is 449 g/mol. The molecule has 0 saturated heterocycles. The van der Waals surface area contributed by atoms with Gasteiger partial charge in [-0.25, -0.2) is 0 Å². The highest BCUT2D eigenvalue weighted by atomic mass is 16.3. The molecular weight excluding hydrogens is 422 g/mol. The van der Waals surface area contributed by atoms with E-state index in [-0.39, 0.29) is 11.2 Å². The first-order valence-electron chi connectivity index (χ1n) is 11.4. The van der Waals surface area contributed by atoms with Crippen molar-refractivity contribution in [1.29, 1.82) is 0 Å². The van der Waals surface area contributed by atoms with Crippen molar-refractivity contribution < 1.29 is 14.4 Å². The van der Waals surface area contributed by atoms with E-state index in [0.717, 1.165) is 18.7 Å². The largest absolute Gasteiger partial charge is 0.507 e. The molecule has 5 aromatic rings. The number of nitrogens with one attached hydrogen (secondary N) is 1. The summed E-state index contributed by atoms with van der Waals surface area (Å²) in [5.74, 6) is 0.140. The van der Waals surface area contributed by atoms with Crippen LogP contribution in [0.25, 0.3) is 22.1 Å². The van der Waals surface area contributed by atoms with Crippen LogP contribution in [0.2, 0.25) is 0 Å². The summed E-state index contributed by atoms with van der Waals surface area (Å²) in [7, 11) is 0. The van der Waals surface area contributed by atoms with Gasteiger partial charge in [-0.2, -0.15) is 0 Å². The topological polar surface area (TPSA) is 54.9 Å². The normalized spacial score (nSPS) is 11.2. The molecule has 0 radical (unpaired) electrons. The second kappa shape index (κ2) is 9.77. The molecule has 1 aromatic heterocycles. The Hall–Kier alpha value is -4.15. The molecule has 0 saturated carbocycles. The van der Waals surface area contributed by atoms with Gasteiger partial charge in [0.05, 0.1) is 16.5 Å². The SMILES string of the molecule is O=c1c(-c2ccccc2)coc2c(C[NH+](Cc3ccccc3)Cc3ccccc3)c(O)ccc12. The number of phenolic OH excluding ortho intramolecular Hbond substituents is 1. The second-order valence-electron chi connectivity index (χ2n) is 8.54. The highest BCUT2D eigenvalue weighted by Crippen LogP contribution is 2.27. The minimum Gasteiger partial charge on any atom is -0.507 e. The molecule has 0 atom stereocenters. The third-order valence-electron chi connectivity index (χ3n) is 6.13. The highest BCUT2D eigenvalue weighted by molar-refractivity contribution is 5.85. The van der Waals surface area contributed by atoms with E-state index in [1.807, 2.05) is 66.7 Å². The quantitative estimate of drug-likeness (QED) is 0.370. The fraction of sp³-hybridized carbons (Fsp3) is 0.100. The minimum absolute atomic E-state index is 0.0960. The number of aromatic hydroxyl groups is 1. The smallest absolute Gasteiger partial charge is 0.200 e. The highest BCUT2D eigenvalue weighted by Gasteiger charge is 2.20. The lowest BCUT2D eigenvalue weighted by Crippen LogP contribution is -3.08. The van der Waals surface area contributed by atoms with Crippen LogP contribution in [0, 0.1) is 0 Å². The predicted octanol–water partition coefficient (Wildman–Crippen LogP) is 4.95. The lowest BCUT2D eigenvalue weighted by Gasteiger charge is -2.21. The minimum atomic E-state index is -0.0960. The molecule has 168 valence electrons. The second-order valence-corrected chi connectivity index (χ2v) is 8.54. The fourth-order valence-corrected chi connectivity index (χ4v) is 4.44. The molecule has 0 unspecified atom stereocenters. The van der Waals surface area contributed by atoms with Gasteiger partial charge in [-0.1, -0.05) is 91.0 Å². The standard InChI is InChI=1S/C30H25NO3/c32-28-17-16-25-29(33)27(24-14-8-3-9-15-24)21-34-30(25)26(28)20-31(18-22-10-4-1-5-11-22)19-23-12-6-2-7-13-23/h1-17,21,32H,18-20H2/p+1. The molecule has 0 fully saturated rings. The van der Waals surface area contributed by atoms with Gasteiger partial charge < -0.3 is 14.4 Å². The van der Waals surface area contributed by atoms with Crippen molar-refractivity contribution in [1.82, 2.24) is 0 Å². The Morgan fingerprint density at radius 1 is 0.676 bits per heavy atom. The molecule has 0 aliphatic rings. The van der Waals surface area contributed by atoms with E-state index in [9.17, 15) is 9.90 Å². The summed E-state index contributed by atoms with van der Waals surface area (Å²) in [6.07, 6.45) is 1.51. The van der Waals surface area contributed by atoms with Gasteiger partial charge >= 0.3 is 0 Å². The van der Waals surface area contributed by atoms with Crippen LogP contribution in [0.5, 0.6) is 5.75 Å². The van der Waals surface area contributed by atoms with Crippen molar-refractivity contribution in [3.63, 3.8) is 0 Å². The maximum atomic E-state index is 13.3. The average Bonchev–Trinajstić information content (AvgIpc) is 2.88. The first-order valence-corrected chi connectivity index (χ1v) is 11.4. The molecule has 1 heterocycles. The summed E-state index contributed by atoms with van der Waals surface area (Å²) in [5, 5.41) is 11.3. The zero-order valence-corrected chi connectivity index (χ0v) is 18.8. The maximum Gasteiger partial charge on any atom is 0.200 e. The summed E-state index contributed by atoms with van der Waals surface area (Å²) in [4.78, 5) is 14.5. The monoisotopic (exact) mass is 448 g/mol. The van der Waals surface area contributed by atoms with Crippen LogP contribution >= 0.6 is 0 Å². The van der Waals surface area contributed by atoms with Crippen LogP contribution in [0.4, 0.5) is 0 Å². The van der Waals surface area contributed by atoms with Crippen LogP contribution < -0.4 is 10.3 Å². The van der Waals surface area contributed by atoms with Crippen molar-refractivity contribution in [3.8, 4) is 16.9 Å². The summed E-state index contributed by atoms with van der Waals surface area (Å²) < 4.78 is 6.02. The summed E-state index contributed by atoms with van der Waals surface area (Å²) >= 11 is 0. The van der Waals surface area contributed by atoms with E-state index in [4.69, 9.17) is 4.42 Å². The van der Waals surface area contributed by atoms with Gasteiger partial charge in [0, 0.05) is 11.1 Å². The van der Waals surface area contributed by atoms with Gasteiger partial charge in [-0.15, -0.1) is 0 Å². The number of phenols is 1. The third-order valence-corrected chi connectivity index (χ3v) is 6.13. The molecule has 0 aliphatic carbocycles. The van der Waals surface area contributed by atoms with Crippen molar-refractivity contribution in [3.05, 3.63) is 136 Å². The lowest BCUT2D eigenvalue weighted by molar-refractivity contribution is -0.941. The zero-order valence-electron chi connectivity index (χ0n) is 18.8. The van der Waals surface area contributed by atoms with Crippen LogP contribution in [0.15, 0.2) is 119 Å². The molecule has 0 aliphatic heterocycles. The molecule has 4 nitrogen and oxygen atoms in total. The van der Waals surface area contributed by atoms with E-state index >= 15 is 0 Å². The molecule has 4 aromatic carbocycles. The van der Waals surface area contributed by atoms with Gasteiger partial charge in [0.1, 0.15) is 37.2 Å². The molecule has 5 rings (SSSR count). The molecule has 0 amide bonds. The van der Waals surface area contributed by atoms with Crippen molar-refractivity contribution >= 4 is 11.0 Å². The molecule has 2 N–H and O–H groups in total. The van der Waals surface area contributed by atoms with E-state index in [1.165, 1.54) is 22.3 Å². The Balaban J connectivity index is 1.54. The number of quaternary nitrogens is 1. The Kier molecular flexibility index (Phi) is 6.23. The zero-order chi connectivity index (χ0) is 23.3. The summed E-state index contributed by atoms with van der Waals surface area (Å²) in [6.45, 7) is 2.07. The lowest BCUT2D eigenvalue weighted by atomic mass is 10.0. The fourth-order valence-electron chi connectivity index (χ4n) is 4.44. The van der Waals surface area contributed by atoms with Crippen molar-refractivity contribution in [2.45, 2.75) is 19.6 Å². The first kappa shape index (κ1) is 21.7. The van der Waals surface area contributed by atoms with Crippen LogP contribution in [-0.4, -0.2) is 5.11 Å². The van der Waals surface area contributed by atoms with E-state index < -0.39 is 0 Å². The Morgan fingerprint density at radius 3 is 1.82 bits per heavy atom. The van der Waals surface area contributed by atoms with Crippen molar-refractivity contribution in [2.75, 3.05) is 0 Å². The Bertz CT molecular complexity index is 1400. The van der Waals surface area contributed by atoms with Gasteiger partial charge in [-0.3, -0.25) is 4.79 Å². The molecule has 4 heteroatoms. The van der Waals surface area contributed by atoms with Crippen molar-refractivity contribution in [2.24, 2.45) is 0 Å². The number of benzene rings is 4. The van der Waals surface area contributed by atoms with Crippen LogP contribution in [-0.2, 0) is 19.6 Å². The molecule has 34 heavy (non-hydrogen) atoms. The van der Waals surface area contributed by atoms with Crippen LogP contribution in [0.3, 0.4) is 0 Å². The van der Waals surface area contributed by atoms with E-state index in [0.29, 0.717) is 28.6 Å². The van der Waals surface area contributed by atoms with Crippen LogP contribution in [0.1, 0.15) is 16.7 Å². The molecule has 0 bridgehead atoms. The maximum absolute atomic E-state index is 13.3. The Labute approximate surface area is 198 Å². The van der Waals surface area contributed by atoms with Gasteiger partial charge in [0.15, 0.2) is 0 Å². The van der Waals surface area contributed by atoms with Gasteiger partial charge in [0.2, 0.25) is 5.43 Å².